The van der Waals surface area contributed by atoms with E-state index in [1.165, 1.54) is 22.8 Å². The summed E-state index contributed by atoms with van der Waals surface area (Å²) >= 11 is 2.67. The maximum absolute atomic E-state index is 14.3. The molecule has 0 aromatic heterocycles. The fourth-order valence-corrected chi connectivity index (χ4v) is 13.7. The molecule has 4 nitrogen and oxygen atoms in total. The Morgan fingerprint density at radius 1 is 0.450 bits per heavy atom. The van der Waals surface area contributed by atoms with E-state index >= 15 is 0 Å². The van der Waals surface area contributed by atoms with Gasteiger partial charge in [0.05, 0.1) is 10.6 Å². The number of rotatable bonds is 6. The molecule has 8 heteroatoms. The van der Waals surface area contributed by atoms with Gasteiger partial charge in [-0.15, -0.1) is 0 Å². The van der Waals surface area contributed by atoms with Gasteiger partial charge in [-0.1, -0.05) is 97.1 Å². The Morgan fingerprint density at radius 3 is 1.25 bits per heavy atom. The predicted molar refractivity (Wildman–Crippen MR) is 169 cm³/mol. The lowest BCUT2D eigenvalue weighted by Gasteiger charge is -2.28. The van der Waals surface area contributed by atoms with Gasteiger partial charge >= 0.3 is 13.1 Å². The van der Waals surface area contributed by atoms with Crippen molar-refractivity contribution < 1.29 is 18.2 Å². The highest BCUT2D eigenvalue weighted by molar-refractivity contribution is 8.59. The van der Waals surface area contributed by atoms with Crippen molar-refractivity contribution in [1.29, 1.82) is 0 Å². The van der Waals surface area contributed by atoms with E-state index in [0.717, 1.165) is 44.0 Å². The Morgan fingerprint density at radius 2 is 0.800 bits per heavy atom. The van der Waals surface area contributed by atoms with Crippen molar-refractivity contribution in [1.82, 2.24) is 0 Å². The maximum atomic E-state index is 14.3. The highest BCUT2D eigenvalue weighted by Gasteiger charge is 2.38. The van der Waals surface area contributed by atoms with E-state index in [0.29, 0.717) is 23.0 Å². The van der Waals surface area contributed by atoms with Gasteiger partial charge in [-0.05, 0) is 58.2 Å². The highest BCUT2D eigenvalue weighted by Crippen LogP contribution is 2.65. The van der Waals surface area contributed by atoms with Crippen LogP contribution in [0.2, 0.25) is 0 Å². The second-order valence-corrected chi connectivity index (χ2v) is 18.4. The highest BCUT2D eigenvalue weighted by atomic mass is 32.7. The van der Waals surface area contributed by atoms with Crippen LogP contribution in [-0.2, 0) is 20.6 Å². The summed E-state index contributed by atoms with van der Waals surface area (Å²) in [6, 6.07) is 39.1. The Labute approximate surface area is 241 Å². The summed E-state index contributed by atoms with van der Waals surface area (Å²) in [4.78, 5) is 0. The lowest BCUT2D eigenvalue weighted by molar-refractivity contribution is 0.507. The van der Waals surface area contributed by atoms with E-state index in [-0.39, 0.29) is 0 Å². The van der Waals surface area contributed by atoms with Gasteiger partial charge in [-0.2, -0.15) is 0 Å². The van der Waals surface area contributed by atoms with Crippen LogP contribution in [0.15, 0.2) is 121 Å². The number of hydrogen-bond acceptors (Lipinski definition) is 6. The average Bonchev–Trinajstić information content (AvgIpc) is 3.00. The summed E-state index contributed by atoms with van der Waals surface area (Å²) in [6.07, 6.45) is 0. The van der Waals surface area contributed by atoms with Crippen molar-refractivity contribution in [2.24, 2.45) is 0 Å². The number of hydrogen-bond donors (Lipinski definition) is 0. The third-order valence-corrected chi connectivity index (χ3v) is 15.9. The van der Waals surface area contributed by atoms with E-state index in [1.807, 2.05) is 121 Å². The molecule has 0 amide bonds. The molecule has 2 heterocycles. The molecule has 0 spiro atoms. The minimum absolute atomic E-state index is 0.495. The average molecular weight is 599 g/mol. The SMILES string of the molecule is O=P1(SCc2ccccc2CSP2(=O)Oc3ccccc3-c3ccccc32)Oc2ccccc2-c2ccccc21. The molecule has 2 atom stereocenters. The number of fused-ring (bicyclic) bond motifs is 6. The molecule has 7 rings (SSSR count). The zero-order chi connectivity index (χ0) is 27.2. The van der Waals surface area contributed by atoms with Crippen molar-refractivity contribution >= 4 is 46.5 Å². The van der Waals surface area contributed by atoms with E-state index < -0.39 is 13.1 Å². The first-order valence-corrected chi connectivity index (χ1v) is 19.3. The second kappa shape index (κ2) is 10.4. The summed E-state index contributed by atoms with van der Waals surface area (Å²) in [5.41, 5.74) is 5.90. The summed E-state index contributed by atoms with van der Waals surface area (Å²) in [6.45, 7) is -6.46. The Hall–Kier alpha value is -3.14. The van der Waals surface area contributed by atoms with E-state index in [1.54, 1.807) is 0 Å². The Balaban J connectivity index is 1.15. The normalized spacial score (nSPS) is 20.2. The standard InChI is InChI=1S/C32H24O4P2S2/c33-37(31-19-9-5-15-27(31)25-13-3-7-17-29(25)35-37)39-21-23-11-1-2-12-24(23)22-40-38(34)32-20-10-6-16-28(32)26-14-4-8-18-30(26)36-38/h1-20H,21-22H2. The molecule has 198 valence electrons. The van der Waals surface area contributed by atoms with E-state index in [4.69, 9.17) is 9.05 Å². The quantitative estimate of drug-likeness (QED) is 0.182. The van der Waals surface area contributed by atoms with Crippen molar-refractivity contribution in [3.05, 3.63) is 132 Å². The van der Waals surface area contributed by atoms with E-state index in [2.05, 4.69) is 0 Å². The Kier molecular flexibility index (Phi) is 6.68. The second-order valence-electron chi connectivity index (χ2n) is 9.52. The molecule has 0 N–H and O–H groups in total. The van der Waals surface area contributed by atoms with Crippen LogP contribution < -0.4 is 19.7 Å². The first kappa shape index (κ1) is 25.8. The van der Waals surface area contributed by atoms with Gasteiger partial charge in [-0.25, -0.2) is 0 Å². The zero-order valence-electron chi connectivity index (χ0n) is 21.3. The van der Waals surface area contributed by atoms with Crippen molar-refractivity contribution in [3.8, 4) is 33.8 Å². The molecule has 40 heavy (non-hydrogen) atoms. The lowest BCUT2D eigenvalue weighted by Crippen LogP contribution is -2.16. The largest absolute Gasteiger partial charge is 0.432 e. The fraction of sp³-hybridized carbons (Fsp3) is 0.0625. The molecule has 5 aromatic carbocycles. The molecule has 0 bridgehead atoms. The van der Waals surface area contributed by atoms with Crippen LogP contribution in [0.4, 0.5) is 0 Å². The van der Waals surface area contributed by atoms with Gasteiger partial charge in [-0.3, -0.25) is 9.13 Å². The van der Waals surface area contributed by atoms with Crippen molar-refractivity contribution in [2.45, 2.75) is 11.5 Å². The molecule has 0 saturated carbocycles. The first-order valence-electron chi connectivity index (χ1n) is 12.9. The molecular weight excluding hydrogens is 574 g/mol. The third-order valence-electron chi connectivity index (χ3n) is 7.09. The molecule has 2 aliphatic heterocycles. The van der Waals surface area contributed by atoms with Crippen LogP contribution in [0, 0.1) is 0 Å². The van der Waals surface area contributed by atoms with E-state index in [9.17, 15) is 9.13 Å². The van der Waals surface area contributed by atoms with Gasteiger partial charge in [0.25, 0.3) is 0 Å². The van der Waals surface area contributed by atoms with Crippen molar-refractivity contribution in [2.75, 3.05) is 0 Å². The predicted octanol–water partition coefficient (Wildman–Crippen LogP) is 9.31. The summed E-state index contributed by atoms with van der Waals surface area (Å²) in [5.74, 6) is 2.28. The minimum atomic E-state index is -3.23. The molecule has 0 aliphatic carbocycles. The van der Waals surface area contributed by atoms with Crippen LogP contribution in [0.3, 0.4) is 0 Å². The zero-order valence-corrected chi connectivity index (χ0v) is 24.7. The first-order chi connectivity index (χ1) is 19.5. The van der Waals surface area contributed by atoms with Crippen LogP contribution >= 0.6 is 35.9 Å². The van der Waals surface area contributed by atoms with Crippen LogP contribution in [-0.4, -0.2) is 0 Å². The van der Waals surface area contributed by atoms with Crippen LogP contribution in [0.1, 0.15) is 11.1 Å². The van der Waals surface area contributed by atoms with Gasteiger partial charge in [0.15, 0.2) is 0 Å². The maximum Gasteiger partial charge on any atom is 0.334 e. The lowest BCUT2D eigenvalue weighted by atomic mass is 10.0. The Bertz CT molecular complexity index is 1720. The van der Waals surface area contributed by atoms with Crippen LogP contribution in [0.25, 0.3) is 22.3 Å². The molecule has 0 fully saturated rings. The molecule has 5 aromatic rings. The molecule has 2 unspecified atom stereocenters. The van der Waals surface area contributed by atoms with Gasteiger partial charge < -0.3 is 9.05 Å². The van der Waals surface area contributed by atoms with Crippen molar-refractivity contribution in [3.63, 3.8) is 0 Å². The third kappa shape index (κ3) is 4.54. The van der Waals surface area contributed by atoms with Gasteiger partial charge in [0.2, 0.25) is 0 Å². The minimum Gasteiger partial charge on any atom is -0.432 e. The smallest absolute Gasteiger partial charge is 0.334 e. The molecule has 0 radical (unpaired) electrons. The summed E-state index contributed by atoms with van der Waals surface area (Å²) < 4.78 is 41.0. The molecule has 0 saturated heterocycles. The van der Waals surface area contributed by atoms with Gasteiger partial charge in [0.1, 0.15) is 11.5 Å². The topological polar surface area (TPSA) is 52.6 Å². The van der Waals surface area contributed by atoms with Gasteiger partial charge in [0, 0.05) is 33.8 Å². The van der Waals surface area contributed by atoms with Crippen LogP contribution in [0.5, 0.6) is 11.5 Å². The summed E-state index contributed by atoms with van der Waals surface area (Å²) in [5, 5.41) is 1.47. The molecule has 2 aliphatic rings. The number of para-hydroxylation sites is 2. The molecular formula is C32H24O4P2S2. The fourth-order valence-electron chi connectivity index (χ4n) is 5.12. The monoisotopic (exact) mass is 598 g/mol. The number of benzene rings is 5. The summed E-state index contributed by atoms with van der Waals surface area (Å²) in [7, 11) is 0.